The van der Waals surface area contributed by atoms with Gasteiger partial charge in [-0.15, -0.1) is 5.54 Å². The van der Waals surface area contributed by atoms with Gasteiger partial charge in [0.25, 0.3) is 0 Å². The number of pyridine rings is 1. The summed E-state index contributed by atoms with van der Waals surface area (Å²) in [5.41, 5.74) is 9.78. The van der Waals surface area contributed by atoms with Gasteiger partial charge in [-0.25, -0.2) is 9.97 Å². The SMILES string of the molecule is C[Si](C)(C)C#Cc1ccc2c(c1)C(c1ccccn1)=NCc1c(-c3cnco3)ncn1-2. The second-order valence-electron chi connectivity index (χ2n) is 8.39. The summed E-state index contributed by atoms with van der Waals surface area (Å²) >= 11 is 0. The molecule has 0 saturated heterocycles. The van der Waals surface area contributed by atoms with Gasteiger partial charge in [0.1, 0.15) is 20.1 Å². The van der Waals surface area contributed by atoms with Crippen molar-refractivity contribution < 1.29 is 4.42 Å². The third-order valence-electron chi connectivity index (χ3n) is 4.92. The van der Waals surface area contributed by atoms with Gasteiger partial charge in [0.15, 0.2) is 12.2 Å². The van der Waals surface area contributed by atoms with Crippen molar-refractivity contribution in [3.8, 4) is 28.6 Å². The van der Waals surface area contributed by atoms with Crippen LogP contribution in [0.5, 0.6) is 0 Å². The van der Waals surface area contributed by atoms with E-state index in [1.54, 1.807) is 12.4 Å². The van der Waals surface area contributed by atoms with E-state index in [0.29, 0.717) is 12.3 Å². The highest BCUT2D eigenvalue weighted by Crippen LogP contribution is 2.31. The van der Waals surface area contributed by atoms with Crippen molar-refractivity contribution in [1.82, 2.24) is 19.5 Å². The van der Waals surface area contributed by atoms with E-state index < -0.39 is 8.07 Å². The molecular weight excluding hydrogens is 402 g/mol. The molecule has 4 aromatic rings. The maximum Gasteiger partial charge on any atom is 0.181 e. The quantitative estimate of drug-likeness (QED) is 0.352. The minimum atomic E-state index is -1.49. The molecule has 1 aliphatic heterocycles. The highest BCUT2D eigenvalue weighted by atomic mass is 28.3. The van der Waals surface area contributed by atoms with Crippen LogP contribution in [0.25, 0.3) is 17.1 Å². The number of nitrogens with zero attached hydrogens (tertiary/aromatic N) is 5. The summed E-state index contributed by atoms with van der Waals surface area (Å²) in [6, 6.07) is 12.1. The van der Waals surface area contributed by atoms with Crippen molar-refractivity contribution in [3.05, 3.63) is 84.0 Å². The van der Waals surface area contributed by atoms with Crippen LogP contribution in [0.15, 0.2) is 70.9 Å². The van der Waals surface area contributed by atoms with Crippen molar-refractivity contribution in [2.75, 3.05) is 0 Å². The smallest absolute Gasteiger partial charge is 0.181 e. The molecule has 0 aliphatic carbocycles. The third-order valence-corrected chi connectivity index (χ3v) is 5.79. The zero-order chi connectivity index (χ0) is 21.4. The van der Waals surface area contributed by atoms with Gasteiger partial charge >= 0.3 is 0 Å². The first-order chi connectivity index (χ1) is 15.0. The van der Waals surface area contributed by atoms with Gasteiger partial charge in [0.05, 0.1) is 35.5 Å². The second kappa shape index (κ2) is 7.49. The van der Waals surface area contributed by atoms with Crippen molar-refractivity contribution in [2.45, 2.75) is 26.2 Å². The van der Waals surface area contributed by atoms with Crippen molar-refractivity contribution in [3.63, 3.8) is 0 Å². The molecule has 6 nitrogen and oxygen atoms in total. The first-order valence-corrected chi connectivity index (χ1v) is 13.6. The van der Waals surface area contributed by atoms with Crippen LogP contribution in [0.2, 0.25) is 19.6 Å². The Labute approximate surface area is 181 Å². The van der Waals surface area contributed by atoms with E-state index in [-0.39, 0.29) is 0 Å². The Balaban J connectivity index is 1.71. The van der Waals surface area contributed by atoms with Crippen LogP contribution in [0.3, 0.4) is 0 Å². The Morgan fingerprint density at radius 3 is 2.74 bits per heavy atom. The summed E-state index contributed by atoms with van der Waals surface area (Å²) in [6.07, 6.45) is 6.70. The molecule has 0 saturated carbocycles. The second-order valence-corrected chi connectivity index (χ2v) is 13.1. The minimum absolute atomic E-state index is 0.451. The fourth-order valence-electron chi connectivity index (χ4n) is 3.51. The summed E-state index contributed by atoms with van der Waals surface area (Å²) in [5.74, 6) is 4.00. The first kappa shape index (κ1) is 19.2. The maximum atomic E-state index is 5.50. The fraction of sp³-hybridized carbons (Fsp3) is 0.167. The van der Waals surface area contributed by atoms with Crippen molar-refractivity contribution in [1.29, 1.82) is 0 Å². The van der Waals surface area contributed by atoms with E-state index in [1.807, 2.05) is 24.5 Å². The lowest BCUT2D eigenvalue weighted by atomic mass is 10.0. The molecule has 0 amide bonds. The van der Waals surface area contributed by atoms with Gasteiger partial charge in [-0.1, -0.05) is 31.6 Å². The van der Waals surface area contributed by atoms with Gasteiger partial charge in [-0.05, 0) is 30.3 Å². The predicted molar refractivity (Wildman–Crippen MR) is 123 cm³/mol. The molecule has 5 rings (SSSR count). The summed E-state index contributed by atoms with van der Waals surface area (Å²) in [5, 5.41) is 0. The molecule has 0 unspecified atom stereocenters. The van der Waals surface area contributed by atoms with Crippen LogP contribution in [0.1, 0.15) is 22.5 Å². The van der Waals surface area contributed by atoms with Gasteiger partial charge in [0.2, 0.25) is 0 Å². The van der Waals surface area contributed by atoms with Gasteiger partial charge < -0.3 is 4.42 Å². The molecule has 0 bridgehead atoms. The number of fused-ring (bicyclic) bond motifs is 3. The molecule has 1 aromatic carbocycles. The largest absolute Gasteiger partial charge is 0.442 e. The van der Waals surface area contributed by atoms with Crippen LogP contribution < -0.4 is 0 Å². The number of hydrogen-bond acceptors (Lipinski definition) is 5. The zero-order valence-corrected chi connectivity index (χ0v) is 18.6. The van der Waals surface area contributed by atoms with Gasteiger partial charge in [0, 0.05) is 17.3 Å². The Hall–Kier alpha value is -3.76. The average molecular weight is 424 g/mol. The molecule has 0 atom stereocenters. The standard InChI is InChI=1S/C24H21N5OSi/c1-31(2,3)11-9-17-7-8-20-18(12-17)23(19-6-4-5-10-26-19)27-13-21-24(28-15-29(20)21)22-14-25-16-30-22/h4-8,10,12,14-16H,13H2,1-3H3. The molecule has 0 fully saturated rings. The molecule has 0 N–H and O–H groups in total. The topological polar surface area (TPSA) is 69.1 Å². The van der Waals surface area contributed by atoms with E-state index in [2.05, 4.69) is 68.8 Å². The highest BCUT2D eigenvalue weighted by Gasteiger charge is 2.24. The lowest BCUT2D eigenvalue weighted by molar-refractivity contribution is 0.569. The van der Waals surface area contributed by atoms with Crippen LogP contribution in [0.4, 0.5) is 0 Å². The van der Waals surface area contributed by atoms with Gasteiger partial charge in [-0.2, -0.15) is 0 Å². The van der Waals surface area contributed by atoms with Crippen LogP contribution in [0, 0.1) is 11.5 Å². The summed E-state index contributed by atoms with van der Waals surface area (Å²) < 4.78 is 7.58. The first-order valence-electron chi connectivity index (χ1n) is 10.1. The van der Waals surface area contributed by atoms with E-state index in [1.165, 1.54) is 6.39 Å². The number of aliphatic imine (C=N–C) groups is 1. The molecule has 1 aliphatic rings. The zero-order valence-electron chi connectivity index (χ0n) is 17.6. The number of oxazole rings is 1. The molecule has 31 heavy (non-hydrogen) atoms. The molecule has 0 spiro atoms. The van der Waals surface area contributed by atoms with E-state index in [9.17, 15) is 0 Å². The normalized spacial score (nSPS) is 12.8. The molecular formula is C24H21N5OSi. The summed E-state index contributed by atoms with van der Waals surface area (Å²) in [7, 11) is -1.49. The third kappa shape index (κ3) is 3.74. The Morgan fingerprint density at radius 2 is 2.00 bits per heavy atom. The van der Waals surface area contributed by atoms with E-state index in [0.717, 1.165) is 39.6 Å². The fourth-order valence-corrected chi connectivity index (χ4v) is 4.02. The van der Waals surface area contributed by atoms with Crippen molar-refractivity contribution >= 4 is 13.8 Å². The molecule has 152 valence electrons. The summed E-state index contributed by atoms with van der Waals surface area (Å²) in [6.45, 7) is 7.18. The molecule has 3 aromatic heterocycles. The highest BCUT2D eigenvalue weighted by molar-refractivity contribution is 6.83. The number of hydrogen-bond donors (Lipinski definition) is 0. The summed E-state index contributed by atoms with van der Waals surface area (Å²) in [4.78, 5) is 18.2. The number of imidazole rings is 1. The maximum absolute atomic E-state index is 5.50. The van der Waals surface area contributed by atoms with Crippen LogP contribution in [-0.4, -0.2) is 33.3 Å². The minimum Gasteiger partial charge on any atom is -0.442 e. The lowest BCUT2D eigenvalue weighted by Gasteiger charge is -2.12. The Morgan fingerprint density at radius 1 is 1.10 bits per heavy atom. The van der Waals surface area contributed by atoms with Crippen molar-refractivity contribution in [2.24, 2.45) is 4.99 Å². The van der Waals surface area contributed by atoms with E-state index in [4.69, 9.17) is 9.41 Å². The number of rotatable bonds is 2. The Bertz CT molecular complexity index is 1340. The predicted octanol–water partition coefficient (Wildman–Crippen LogP) is 4.50. The van der Waals surface area contributed by atoms with E-state index >= 15 is 0 Å². The molecule has 4 heterocycles. The van der Waals surface area contributed by atoms with Crippen LogP contribution in [-0.2, 0) is 6.54 Å². The molecule has 0 radical (unpaired) electrons. The van der Waals surface area contributed by atoms with Gasteiger partial charge in [-0.3, -0.25) is 14.5 Å². The Kier molecular flexibility index (Phi) is 4.64. The monoisotopic (exact) mass is 423 g/mol. The number of aromatic nitrogens is 4. The van der Waals surface area contributed by atoms with Crippen LogP contribution >= 0.6 is 0 Å². The lowest BCUT2D eigenvalue weighted by Crippen LogP contribution is -2.16. The average Bonchev–Trinajstić information content (AvgIpc) is 3.40. The number of benzene rings is 1. The molecule has 7 heteroatoms.